The first-order valence-corrected chi connectivity index (χ1v) is 11.2. The molecule has 2 heterocycles. The lowest BCUT2D eigenvalue weighted by atomic mass is 10.0. The fourth-order valence-corrected chi connectivity index (χ4v) is 4.23. The summed E-state index contributed by atoms with van der Waals surface area (Å²) in [6.07, 6.45) is -6.05. The second kappa shape index (κ2) is 10.3. The van der Waals surface area contributed by atoms with Crippen LogP contribution >= 0.6 is 0 Å². The van der Waals surface area contributed by atoms with E-state index in [2.05, 4.69) is 10.4 Å². The molecular weight excluding hydrogens is 475 g/mol. The second-order valence-electron chi connectivity index (χ2n) is 8.29. The van der Waals surface area contributed by atoms with Crippen LogP contribution in [-0.4, -0.2) is 41.7 Å². The van der Waals surface area contributed by atoms with Gasteiger partial charge >= 0.3 is 6.18 Å². The summed E-state index contributed by atoms with van der Waals surface area (Å²) in [5.41, 5.74) is 7.94. The molecule has 0 radical (unpaired) electrons. The van der Waals surface area contributed by atoms with Crippen molar-refractivity contribution >= 4 is 11.7 Å². The van der Waals surface area contributed by atoms with Crippen molar-refractivity contribution in [1.82, 2.24) is 15.1 Å². The van der Waals surface area contributed by atoms with Gasteiger partial charge in [-0.1, -0.05) is 36.4 Å². The molecule has 3 N–H and O–H groups in total. The summed E-state index contributed by atoms with van der Waals surface area (Å²) in [5, 5.41) is 16.8. The Morgan fingerprint density at radius 3 is 2.67 bits per heavy atom. The maximum absolute atomic E-state index is 13.5. The molecular formula is C25H24F3N5O3. The van der Waals surface area contributed by atoms with Gasteiger partial charge in [-0.15, -0.1) is 0 Å². The molecule has 1 aliphatic rings. The monoisotopic (exact) mass is 499 g/mol. The number of ether oxygens (including phenoxy) is 2. The molecule has 2 atom stereocenters. The van der Waals surface area contributed by atoms with Crippen molar-refractivity contribution in [2.75, 3.05) is 19.5 Å². The Balaban J connectivity index is 1.54. The van der Waals surface area contributed by atoms with Crippen LogP contribution < -0.4 is 15.8 Å². The zero-order chi connectivity index (χ0) is 25.9. The lowest BCUT2D eigenvalue weighted by Gasteiger charge is -2.33. The number of aromatic nitrogens is 2. The number of para-hydroxylation sites is 1. The molecule has 0 spiro atoms. The molecule has 2 unspecified atom stereocenters. The van der Waals surface area contributed by atoms with Gasteiger partial charge in [0.05, 0.1) is 18.7 Å². The molecule has 188 valence electrons. The minimum atomic E-state index is -4.59. The van der Waals surface area contributed by atoms with E-state index < -0.39 is 18.3 Å². The summed E-state index contributed by atoms with van der Waals surface area (Å²) in [6, 6.07) is 14.5. The van der Waals surface area contributed by atoms with Gasteiger partial charge in [0.2, 0.25) is 0 Å². The lowest BCUT2D eigenvalue weighted by molar-refractivity contribution is -0.244. The van der Waals surface area contributed by atoms with Crippen LogP contribution in [0.3, 0.4) is 0 Å². The Morgan fingerprint density at radius 1 is 1.28 bits per heavy atom. The standard InChI is InChI=1S/C25H24F3N5O3/c1-35-20-7-3-2-5-17(20)24(34)31-14-15-8-10-16(11-9-15)21-18(13-29)23(30)33(32-21)19-6-4-12-36-22(19)25(26,27)28/h2-3,5,7-11,19,22H,4,6,12,14,30H2,1H3,(H,31,34). The lowest BCUT2D eigenvalue weighted by Crippen LogP contribution is -2.43. The molecule has 1 amide bonds. The Morgan fingerprint density at radius 2 is 2.00 bits per heavy atom. The van der Waals surface area contributed by atoms with Crippen molar-refractivity contribution in [3.05, 3.63) is 65.2 Å². The third-order valence-corrected chi connectivity index (χ3v) is 6.02. The number of carbonyl (C=O) groups is 1. The van der Waals surface area contributed by atoms with E-state index in [4.69, 9.17) is 15.2 Å². The van der Waals surface area contributed by atoms with Crippen LogP contribution in [0.2, 0.25) is 0 Å². The van der Waals surface area contributed by atoms with Gasteiger partial charge in [-0.25, -0.2) is 4.68 Å². The van der Waals surface area contributed by atoms with E-state index in [1.807, 2.05) is 6.07 Å². The van der Waals surface area contributed by atoms with Crippen molar-refractivity contribution < 1.29 is 27.4 Å². The summed E-state index contributed by atoms with van der Waals surface area (Å²) in [4.78, 5) is 12.5. The Labute approximate surface area is 205 Å². The van der Waals surface area contributed by atoms with E-state index >= 15 is 0 Å². The number of benzene rings is 2. The molecule has 0 aliphatic carbocycles. The quantitative estimate of drug-likeness (QED) is 0.525. The maximum atomic E-state index is 13.5. The van der Waals surface area contributed by atoms with Crippen LogP contribution in [0.15, 0.2) is 48.5 Å². The Kier molecular flexibility index (Phi) is 7.17. The van der Waals surface area contributed by atoms with Gasteiger partial charge in [-0.05, 0) is 30.5 Å². The first-order chi connectivity index (χ1) is 17.2. The largest absolute Gasteiger partial charge is 0.496 e. The van der Waals surface area contributed by atoms with E-state index in [1.54, 1.807) is 48.5 Å². The number of nitrogens with one attached hydrogen (secondary N) is 1. The minimum Gasteiger partial charge on any atom is -0.496 e. The number of methoxy groups -OCH3 is 1. The molecule has 4 rings (SSSR count). The van der Waals surface area contributed by atoms with Crippen LogP contribution in [0.4, 0.5) is 19.0 Å². The molecule has 1 aromatic heterocycles. The number of anilines is 1. The predicted molar refractivity (Wildman–Crippen MR) is 125 cm³/mol. The summed E-state index contributed by atoms with van der Waals surface area (Å²) in [7, 11) is 1.49. The van der Waals surface area contributed by atoms with E-state index in [1.165, 1.54) is 7.11 Å². The molecule has 11 heteroatoms. The first-order valence-electron chi connectivity index (χ1n) is 11.2. The van der Waals surface area contributed by atoms with Crippen LogP contribution in [-0.2, 0) is 11.3 Å². The Bertz CT molecular complexity index is 1280. The van der Waals surface area contributed by atoms with Crippen LogP contribution in [0.1, 0.15) is 40.4 Å². The molecule has 36 heavy (non-hydrogen) atoms. The van der Waals surface area contributed by atoms with Gasteiger partial charge in [0.15, 0.2) is 6.10 Å². The van der Waals surface area contributed by atoms with Gasteiger partial charge < -0.3 is 20.5 Å². The van der Waals surface area contributed by atoms with Crippen molar-refractivity contribution in [3.63, 3.8) is 0 Å². The molecule has 2 aromatic carbocycles. The fraction of sp³-hybridized carbons (Fsp3) is 0.320. The van der Waals surface area contributed by atoms with Gasteiger partial charge in [0.1, 0.15) is 28.9 Å². The smallest absolute Gasteiger partial charge is 0.416 e. The van der Waals surface area contributed by atoms with Gasteiger partial charge in [-0.3, -0.25) is 4.79 Å². The third-order valence-electron chi connectivity index (χ3n) is 6.02. The molecule has 0 bridgehead atoms. The number of nitrogens with two attached hydrogens (primary N) is 1. The van der Waals surface area contributed by atoms with Crippen LogP contribution in [0, 0.1) is 11.3 Å². The number of hydrogen-bond acceptors (Lipinski definition) is 6. The molecule has 0 saturated carbocycles. The van der Waals surface area contributed by atoms with Crippen molar-refractivity contribution in [2.45, 2.75) is 37.7 Å². The molecule has 3 aromatic rings. The number of alkyl halides is 3. The molecule has 1 fully saturated rings. The normalized spacial score (nSPS) is 17.9. The number of hydrogen-bond donors (Lipinski definition) is 2. The number of rotatable bonds is 6. The average Bonchev–Trinajstić information content (AvgIpc) is 3.22. The number of nitriles is 1. The van der Waals surface area contributed by atoms with Crippen LogP contribution in [0.5, 0.6) is 5.75 Å². The van der Waals surface area contributed by atoms with Crippen molar-refractivity contribution in [1.29, 1.82) is 5.26 Å². The number of nitrogen functional groups attached to an aromatic ring is 1. The fourth-order valence-electron chi connectivity index (χ4n) is 4.23. The maximum Gasteiger partial charge on any atom is 0.416 e. The zero-order valence-electron chi connectivity index (χ0n) is 19.4. The highest BCUT2D eigenvalue weighted by Crippen LogP contribution is 2.39. The third kappa shape index (κ3) is 4.99. The number of halogens is 3. The number of nitrogens with zero attached hydrogens (tertiary/aromatic N) is 3. The highest BCUT2D eigenvalue weighted by atomic mass is 19.4. The minimum absolute atomic E-state index is 0.00118. The average molecular weight is 499 g/mol. The van der Waals surface area contributed by atoms with E-state index in [0.717, 1.165) is 10.2 Å². The first kappa shape index (κ1) is 25.1. The summed E-state index contributed by atoms with van der Waals surface area (Å²) < 4.78 is 51.9. The predicted octanol–water partition coefficient (Wildman–Crippen LogP) is 4.22. The number of carbonyl (C=O) groups excluding carboxylic acids is 1. The molecule has 8 nitrogen and oxygen atoms in total. The number of amides is 1. The summed E-state index contributed by atoms with van der Waals surface area (Å²) in [6.45, 7) is 0.223. The van der Waals surface area contributed by atoms with Gasteiger partial charge in [0.25, 0.3) is 5.91 Å². The van der Waals surface area contributed by atoms with E-state index in [0.29, 0.717) is 23.3 Å². The van der Waals surface area contributed by atoms with E-state index in [9.17, 15) is 23.2 Å². The molecule has 1 saturated heterocycles. The summed E-state index contributed by atoms with van der Waals surface area (Å²) >= 11 is 0. The highest BCUT2D eigenvalue weighted by molar-refractivity contribution is 5.96. The van der Waals surface area contributed by atoms with Crippen molar-refractivity contribution in [3.8, 4) is 23.1 Å². The van der Waals surface area contributed by atoms with Gasteiger partial charge in [-0.2, -0.15) is 23.5 Å². The topological polar surface area (TPSA) is 115 Å². The SMILES string of the molecule is COc1ccccc1C(=O)NCc1ccc(-c2nn(C3CCCOC3C(F)(F)F)c(N)c2C#N)cc1. The molecule has 1 aliphatic heterocycles. The summed E-state index contributed by atoms with van der Waals surface area (Å²) in [5.74, 6) is 0.0211. The van der Waals surface area contributed by atoms with Gasteiger partial charge in [0, 0.05) is 18.7 Å². The van der Waals surface area contributed by atoms with Crippen molar-refractivity contribution in [2.24, 2.45) is 0 Å². The Hall–Kier alpha value is -4.04. The second-order valence-corrected chi connectivity index (χ2v) is 8.29. The zero-order valence-corrected chi connectivity index (χ0v) is 19.4. The van der Waals surface area contributed by atoms with E-state index in [-0.39, 0.29) is 42.6 Å². The van der Waals surface area contributed by atoms with Crippen LogP contribution in [0.25, 0.3) is 11.3 Å². The highest BCUT2D eigenvalue weighted by Gasteiger charge is 2.49.